The first kappa shape index (κ1) is 17.9. The first-order chi connectivity index (χ1) is 8.89. The topological polar surface area (TPSA) is 51.8 Å². The third-order valence-electron chi connectivity index (χ3n) is 3.24. The number of hydrogen-bond donors (Lipinski definition) is 1. The molecular weight excluding hydrogens is 234 g/mol. The lowest BCUT2D eigenvalue weighted by Gasteiger charge is -2.35. The summed E-state index contributed by atoms with van der Waals surface area (Å²) >= 11 is 0. The fourth-order valence-corrected chi connectivity index (χ4v) is 2.74. The van der Waals surface area contributed by atoms with Crippen molar-refractivity contribution in [1.82, 2.24) is 9.97 Å². The lowest BCUT2D eigenvalue weighted by molar-refractivity contribution is 0.283. The SMILES string of the molecule is CC.CC.Cc1nc(N)nc2c1CC(C)(C)CC2C. The zero-order valence-electron chi connectivity index (χ0n) is 14.0. The number of anilines is 1. The summed E-state index contributed by atoms with van der Waals surface area (Å²) in [6.07, 6.45) is 2.24. The van der Waals surface area contributed by atoms with Crippen LogP contribution in [0.25, 0.3) is 0 Å². The van der Waals surface area contributed by atoms with Gasteiger partial charge in [0.15, 0.2) is 0 Å². The molecule has 0 bridgehead atoms. The lowest BCUT2D eigenvalue weighted by atomic mass is 9.71. The number of nitrogen functional groups attached to an aromatic ring is 1. The maximum Gasteiger partial charge on any atom is 0.220 e. The summed E-state index contributed by atoms with van der Waals surface area (Å²) < 4.78 is 0. The molecule has 0 spiro atoms. The number of rotatable bonds is 0. The summed E-state index contributed by atoms with van der Waals surface area (Å²) in [5.74, 6) is 0.908. The molecular formula is C16H31N3. The van der Waals surface area contributed by atoms with E-state index in [1.54, 1.807) is 0 Å². The Kier molecular flexibility index (Phi) is 7.02. The van der Waals surface area contributed by atoms with Crippen molar-refractivity contribution < 1.29 is 0 Å². The minimum atomic E-state index is 0.358. The van der Waals surface area contributed by atoms with Gasteiger partial charge in [0.1, 0.15) is 0 Å². The van der Waals surface area contributed by atoms with Gasteiger partial charge in [-0.05, 0) is 36.7 Å². The largest absolute Gasteiger partial charge is 0.368 e. The Morgan fingerprint density at radius 3 is 2.16 bits per heavy atom. The molecule has 1 unspecified atom stereocenters. The number of aryl methyl sites for hydroxylation is 1. The quantitative estimate of drug-likeness (QED) is 0.751. The molecule has 19 heavy (non-hydrogen) atoms. The Morgan fingerprint density at radius 2 is 1.63 bits per heavy atom. The van der Waals surface area contributed by atoms with E-state index in [0.29, 0.717) is 17.3 Å². The zero-order valence-corrected chi connectivity index (χ0v) is 14.0. The van der Waals surface area contributed by atoms with E-state index in [0.717, 1.165) is 12.1 Å². The fourth-order valence-electron chi connectivity index (χ4n) is 2.74. The fraction of sp³-hybridized carbons (Fsp3) is 0.750. The summed E-state index contributed by atoms with van der Waals surface area (Å²) in [6, 6.07) is 0. The second-order valence-electron chi connectivity index (χ2n) is 5.48. The van der Waals surface area contributed by atoms with Gasteiger partial charge in [-0.3, -0.25) is 0 Å². The van der Waals surface area contributed by atoms with Crippen LogP contribution in [-0.4, -0.2) is 9.97 Å². The second kappa shape index (κ2) is 7.46. The molecule has 0 fully saturated rings. The Bertz CT molecular complexity index is 397. The highest BCUT2D eigenvalue weighted by atomic mass is 15.0. The van der Waals surface area contributed by atoms with Gasteiger partial charge in [-0.15, -0.1) is 0 Å². The van der Waals surface area contributed by atoms with Crippen molar-refractivity contribution in [3.63, 3.8) is 0 Å². The van der Waals surface area contributed by atoms with Gasteiger partial charge in [0.25, 0.3) is 0 Å². The van der Waals surface area contributed by atoms with Crippen molar-refractivity contribution in [1.29, 1.82) is 0 Å². The normalized spacial score (nSPS) is 19.3. The molecule has 1 aliphatic carbocycles. The Hall–Kier alpha value is -1.12. The molecule has 0 saturated heterocycles. The smallest absolute Gasteiger partial charge is 0.220 e. The van der Waals surface area contributed by atoms with Crippen molar-refractivity contribution in [2.75, 3.05) is 5.73 Å². The van der Waals surface area contributed by atoms with Crippen LogP contribution in [0.15, 0.2) is 0 Å². The van der Waals surface area contributed by atoms with E-state index in [9.17, 15) is 0 Å². The van der Waals surface area contributed by atoms with Crippen LogP contribution in [0.4, 0.5) is 5.95 Å². The Morgan fingerprint density at radius 1 is 1.11 bits per heavy atom. The number of fused-ring (bicyclic) bond motifs is 1. The summed E-state index contributed by atoms with van der Waals surface area (Å²) in [6.45, 7) is 16.9. The van der Waals surface area contributed by atoms with E-state index in [2.05, 4.69) is 30.7 Å². The van der Waals surface area contributed by atoms with Crippen molar-refractivity contribution >= 4 is 5.95 Å². The minimum absolute atomic E-state index is 0.358. The molecule has 0 amide bonds. The predicted octanol–water partition coefficient (Wildman–Crippen LogP) is 4.50. The lowest BCUT2D eigenvalue weighted by Crippen LogP contribution is -2.27. The Labute approximate surface area is 119 Å². The molecule has 1 atom stereocenters. The van der Waals surface area contributed by atoms with Gasteiger partial charge in [-0.25, -0.2) is 9.97 Å². The summed E-state index contributed by atoms with van der Waals surface area (Å²) in [5.41, 5.74) is 9.58. The average Bonchev–Trinajstić information content (AvgIpc) is 2.35. The predicted molar refractivity (Wildman–Crippen MR) is 84.4 cm³/mol. The van der Waals surface area contributed by atoms with Crippen LogP contribution in [0.5, 0.6) is 0 Å². The molecule has 0 aliphatic heterocycles. The molecule has 3 nitrogen and oxygen atoms in total. The van der Waals surface area contributed by atoms with Crippen LogP contribution in [0, 0.1) is 12.3 Å². The summed E-state index contributed by atoms with van der Waals surface area (Å²) in [4.78, 5) is 8.64. The van der Waals surface area contributed by atoms with Crippen LogP contribution in [-0.2, 0) is 6.42 Å². The maximum absolute atomic E-state index is 5.69. The third kappa shape index (κ3) is 4.48. The van der Waals surface area contributed by atoms with Gasteiger partial charge in [-0.1, -0.05) is 48.5 Å². The highest BCUT2D eigenvalue weighted by Crippen LogP contribution is 2.41. The molecule has 0 radical (unpaired) electrons. The molecule has 1 heterocycles. The average molecular weight is 265 g/mol. The molecule has 1 aromatic rings. The first-order valence-corrected chi connectivity index (χ1v) is 7.52. The molecule has 3 heteroatoms. The summed E-state index contributed by atoms with van der Waals surface area (Å²) in [7, 11) is 0. The van der Waals surface area contributed by atoms with Crippen molar-refractivity contribution in [2.24, 2.45) is 5.41 Å². The van der Waals surface area contributed by atoms with Crippen molar-refractivity contribution in [2.45, 2.75) is 74.1 Å². The monoisotopic (exact) mass is 265 g/mol. The number of hydrogen-bond acceptors (Lipinski definition) is 3. The van der Waals surface area contributed by atoms with Crippen LogP contribution in [0.3, 0.4) is 0 Å². The first-order valence-electron chi connectivity index (χ1n) is 7.52. The van der Waals surface area contributed by atoms with Crippen LogP contribution in [0.1, 0.15) is 77.8 Å². The molecule has 1 aromatic heterocycles. The van der Waals surface area contributed by atoms with E-state index in [1.807, 2.05) is 34.6 Å². The van der Waals surface area contributed by atoms with Crippen molar-refractivity contribution in [3.05, 3.63) is 17.0 Å². The van der Waals surface area contributed by atoms with Crippen molar-refractivity contribution in [3.8, 4) is 0 Å². The molecule has 1 aliphatic rings. The molecule has 2 rings (SSSR count). The van der Waals surface area contributed by atoms with E-state index in [-0.39, 0.29) is 0 Å². The zero-order chi connectivity index (χ0) is 15.2. The number of aromatic nitrogens is 2. The van der Waals surface area contributed by atoms with Gasteiger partial charge in [0, 0.05) is 5.69 Å². The third-order valence-corrected chi connectivity index (χ3v) is 3.24. The Balaban J connectivity index is 0.000000741. The van der Waals surface area contributed by atoms with Gasteiger partial charge >= 0.3 is 0 Å². The van der Waals surface area contributed by atoms with Crippen LogP contribution in [0.2, 0.25) is 0 Å². The highest BCUT2D eigenvalue weighted by Gasteiger charge is 2.32. The standard InChI is InChI=1S/C12H19N3.2C2H6/c1-7-5-12(3,4)6-9-8(2)14-11(13)15-10(7)9;2*1-2/h7H,5-6H2,1-4H3,(H2,13,14,15);2*1-2H3. The second-order valence-corrected chi connectivity index (χ2v) is 5.48. The number of nitrogens with two attached hydrogens (primary N) is 1. The van der Waals surface area contributed by atoms with E-state index in [4.69, 9.17) is 5.73 Å². The maximum atomic E-state index is 5.69. The summed E-state index contributed by atoms with van der Waals surface area (Å²) in [5, 5.41) is 0. The van der Waals surface area contributed by atoms with Crippen LogP contribution < -0.4 is 5.73 Å². The van der Waals surface area contributed by atoms with Crippen LogP contribution >= 0.6 is 0 Å². The highest BCUT2D eigenvalue weighted by molar-refractivity contribution is 5.36. The van der Waals surface area contributed by atoms with E-state index in [1.165, 1.54) is 17.7 Å². The molecule has 2 N–H and O–H groups in total. The molecule has 0 aromatic carbocycles. The van der Waals surface area contributed by atoms with Gasteiger partial charge in [-0.2, -0.15) is 0 Å². The molecule has 0 saturated carbocycles. The van der Waals surface area contributed by atoms with E-state index >= 15 is 0 Å². The van der Waals surface area contributed by atoms with Gasteiger partial charge < -0.3 is 5.73 Å². The minimum Gasteiger partial charge on any atom is -0.368 e. The van der Waals surface area contributed by atoms with E-state index < -0.39 is 0 Å². The van der Waals surface area contributed by atoms with Gasteiger partial charge in [0.2, 0.25) is 5.95 Å². The molecule has 110 valence electrons. The van der Waals surface area contributed by atoms with Gasteiger partial charge in [0.05, 0.1) is 5.69 Å². The number of nitrogens with zero attached hydrogens (tertiary/aromatic N) is 2.